The van der Waals surface area contributed by atoms with E-state index < -0.39 is 12.1 Å². The van der Waals surface area contributed by atoms with Crippen molar-refractivity contribution in [1.82, 2.24) is 10.6 Å². The van der Waals surface area contributed by atoms with Crippen LogP contribution in [0.4, 0.5) is 4.79 Å². The second kappa shape index (κ2) is 9.56. The third-order valence-electron chi connectivity index (χ3n) is 3.51. The highest BCUT2D eigenvalue weighted by Crippen LogP contribution is 2.12. The smallest absolute Gasteiger partial charge is 0.408 e. The fraction of sp³-hybridized carbons (Fsp3) is 0.500. The average Bonchev–Trinajstić information content (AvgIpc) is 2.50. The van der Waals surface area contributed by atoms with Gasteiger partial charge in [-0.2, -0.15) is 5.26 Å². The Morgan fingerprint density at radius 2 is 2.00 bits per heavy atom. The van der Waals surface area contributed by atoms with Crippen molar-refractivity contribution in [3.63, 3.8) is 0 Å². The molecule has 1 rings (SSSR count). The van der Waals surface area contributed by atoms with Gasteiger partial charge in [-0.3, -0.25) is 4.79 Å². The van der Waals surface area contributed by atoms with Gasteiger partial charge in [0.1, 0.15) is 19.2 Å². The monoisotopic (exact) mass is 331 g/mol. The number of hydrogen-bond acceptors (Lipinski definition) is 4. The number of hydrogen-bond donors (Lipinski definition) is 2. The number of nitriles is 1. The summed E-state index contributed by atoms with van der Waals surface area (Å²) in [6.45, 7) is 7.92. The van der Waals surface area contributed by atoms with Gasteiger partial charge in [0.25, 0.3) is 0 Å². The lowest BCUT2D eigenvalue weighted by Gasteiger charge is -2.19. The van der Waals surface area contributed by atoms with Gasteiger partial charge in [-0.25, -0.2) is 4.79 Å². The summed E-state index contributed by atoms with van der Waals surface area (Å²) < 4.78 is 5.22. The molecule has 0 aliphatic heterocycles. The molecule has 2 N–H and O–H groups in total. The van der Waals surface area contributed by atoms with Gasteiger partial charge < -0.3 is 15.4 Å². The fourth-order valence-corrected chi connectivity index (χ4v) is 2.29. The van der Waals surface area contributed by atoms with Crippen molar-refractivity contribution in [1.29, 1.82) is 5.26 Å². The molecule has 0 fully saturated rings. The molecule has 0 heterocycles. The Balaban J connectivity index is 2.60. The van der Waals surface area contributed by atoms with Crippen LogP contribution in [0.5, 0.6) is 0 Å². The molecular formula is C18H25N3O3. The van der Waals surface area contributed by atoms with Crippen LogP contribution in [0.3, 0.4) is 0 Å². The maximum atomic E-state index is 12.0. The average molecular weight is 331 g/mol. The zero-order valence-corrected chi connectivity index (χ0v) is 14.7. The summed E-state index contributed by atoms with van der Waals surface area (Å²) in [7, 11) is 0. The molecule has 0 saturated heterocycles. The predicted octanol–water partition coefficient (Wildman–Crippen LogP) is 2.58. The van der Waals surface area contributed by atoms with E-state index in [1.54, 1.807) is 0 Å². The normalized spacial score (nSPS) is 11.5. The molecule has 0 aromatic heterocycles. The van der Waals surface area contributed by atoms with Gasteiger partial charge in [-0.1, -0.05) is 37.6 Å². The van der Waals surface area contributed by atoms with Crippen molar-refractivity contribution >= 4 is 12.0 Å². The molecule has 0 saturated carbocycles. The van der Waals surface area contributed by atoms with E-state index in [4.69, 9.17) is 10.00 Å². The third kappa shape index (κ3) is 6.69. The number of carbonyl (C=O) groups excluding carboxylic acids is 2. The minimum atomic E-state index is -0.718. The van der Waals surface area contributed by atoms with Gasteiger partial charge in [-0.05, 0) is 37.3 Å². The third-order valence-corrected chi connectivity index (χ3v) is 3.51. The summed E-state index contributed by atoms with van der Waals surface area (Å²) in [5, 5.41) is 13.6. The summed E-state index contributed by atoms with van der Waals surface area (Å²) in [5.74, 6) is -0.170. The van der Waals surface area contributed by atoms with Crippen LogP contribution in [0, 0.1) is 31.1 Å². The molecule has 0 aliphatic rings. The van der Waals surface area contributed by atoms with Gasteiger partial charge in [0, 0.05) is 0 Å². The summed E-state index contributed by atoms with van der Waals surface area (Å²) in [5.41, 5.74) is 3.12. The van der Waals surface area contributed by atoms with E-state index in [-0.39, 0.29) is 25.0 Å². The first kappa shape index (κ1) is 19.5. The number of carbonyl (C=O) groups is 2. The highest BCUT2D eigenvalue weighted by atomic mass is 16.5. The standard InChI is InChI=1S/C18H25N3O3/c1-12(2)9-16(17(22)20-8-7-19)21-18(23)24-11-15-6-5-13(3)10-14(15)4/h5-6,10,12,16H,8-9,11H2,1-4H3,(H,20,22)(H,21,23)/t16-/m0/s1. The lowest BCUT2D eigenvalue weighted by Crippen LogP contribution is -2.47. The van der Waals surface area contributed by atoms with Crippen molar-refractivity contribution in [3.05, 3.63) is 34.9 Å². The van der Waals surface area contributed by atoms with E-state index in [0.29, 0.717) is 6.42 Å². The minimum Gasteiger partial charge on any atom is -0.445 e. The van der Waals surface area contributed by atoms with Crippen LogP contribution < -0.4 is 10.6 Å². The Kier molecular flexibility index (Phi) is 7.76. The molecule has 24 heavy (non-hydrogen) atoms. The molecule has 6 nitrogen and oxygen atoms in total. The van der Waals surface area contributed by atoms with Gasteiger partial charge in [0.2, 0.25) is 5.91 Å². The van der Waals surface area contributed by atoms with Gasteiger partial charge in [-0.15, -0.1) is 0 Å². The molecule has 0 unspecified atom stereocenters. The molecule has 130 valence electrons. The van der Waals surface area contributed by atoms with Crippen LogP contribution in [0.2, 0.25) is 0 Å². The molecule has 1 aromatic carbocycles. The summed E-state index contributed by atoms with van der Waals surface area (Å²) >= 11 is 0. The van der Waals surface area contributed by atoms with Crippen LogP contribution >= 0.6 is 0 Å². The first-order valence-electron chi connectivity index (χ1n) is 7.97. The Morgan fingerprint density at radius 3 is 2.58 bits per heavy atom. The molecule has 0 radical (unpaired) electrons. The minimum absolute atomic E-state index is 0.0906. The molecule has 0 aliphatic carbocycles. The molecule has 6 heteroatoms. The zero-order valence-electron chi connectivity index (χ0n) is 14.7. The maximum absolute atomic E-state index is 12.0. The quantitative estimate of drug-likeness (QED) is 0.751. The maximum Gasteiger partial charge on any atom is 0.408 e. The highest BCUT2D eigenvalue weighted by Gasteiger charge is 2.22. The summed E-state index contributed by atoms with van der Waals surface area (Å²) in [4.78, 5) is 24.0. The largest absolute Gasteiger partial charge is 0.445 e. The van der Waals surface area contributed by atoms with Crippen LogP contribution in [-0.2, 0) is 16.1 Å². The van der Waals surface area contributed by atoms with Crippen LogP contribution in [0.25, 0.3) is 0 Å². The molecule has 0 bridgehead atoms. The van der Waals surface area contributed by atoms with E-state index >= 15 is 0 Å². The van der Waals surface area contributed by atoms with Crippen molar-refractivity contribution in [2.75, 3.05) is 6.54 Å². The zero-order chi connectivity index (χ0) is 18.1. The number of nitrogens with one attached hydrogen (secondary N) is 2. The Hall–Kier alpha value is -2.55. The lowest BCUT2D eigenvalue weighted by atomic mass is 10.0. The number of aryl methyl sites for hydroxylation is 2. The molecular weight excluding hydrogens is 306 g/mol. The van der Waals surface area contributed by atoms with Crippen molar-refractivity contribution < 1.29 is 14.3 Å². The molecule has 1 atom stereocenters. The van der Waals surface area contributed by atoms with Crippen molar-refractivity contribution in [2.24, 2.45) is 5.92 Å². The van der Waals surface area contributed by atoms with Gasteiger partial charge >= 0.3 is 6.09 Å². The van der Waals surface area contributed by atoms with E-state index in [2.05, 4.69) is 10.6 Å². The summed E-state index contributed by atoms with van der Waals surface area (Å²) in [6.07, 6.45) is -0.177. The van der Waals surface area contributed by atoms with Crippen LogP contribution in [0.1, 0.15) is 37.0 Å². The topological polar surface area (TPSA) is 91.2 Å². The Bertz CT molecular complexity index is 620. The molecule has 1 aromatic rings. The van der Waals surface area contributed by atoms with Crippen molar-refractivity contribution in [2.45, 2.75) is 46.8 Å². The van der Waals surface area contributed by atoms with E-state index in [1.807, 2.05) is 52.0 Å². The van der Waals surface area contributed by atoms with E-state index in [9.17, 15) is 9.59 Å². The number of benzene rings is 1. The second-order valence-corrected chi connectivity index (χ2v) is 6.21. The first-order chi connectivity index (χ1) is 11.3. The van der Waals surface area contributed by atoms with E-state index in [0.717, 1.165) is 16.7 Å². The number of ether oxygens (including phenoxy) is 1. The Morgan fingerprint density at radius 1 is 1.29 bits per heavy atom. The van der Waals surface area contributed by atoms with E-state index in [1.165, 1.54) is 0 Å². The second-order valence-electron chi connectivity index (χ2n) is 6.21. The predicted molar refractivity (Wildman–Crippen MR) is 91.1 cm³/mol. The number of alkyl carbamates (subject to hydrolysis) is 1. The van der Waals surface area contributed by atoms with Crippen LogP contribution in [0.15, 0.2) is 18.2 Å². The highest BCUT2D eigenvalue weighted by molar-refractivity contribution is 5.85. The molecule has 2 amide bonds. The number of rotatable bonds is 7. The summed E-state index contributed by atoms with van der Waals surface area (Å²) in [6, 6.07) is 7.02. The van der Waals surface area contributed by atoms with Crippen molar-refractivity contribution in [3.8, 4) is 6.07 Å². The molecule has 0 spiro atoms. The Labute approximate surface area is 143 Å². The van der Waals surface area contributed by atoms with Gasteiger partial charge in [0.05, 0.1) is 6.07 Å². The SMILES string of the molecule is Cc1ccc(COC(=O)N[C@@H](CC(C)C)C(=O)NCC#N)c(C)c1. The lowest BCUT2D eigenvalue weighted by molar-refractivity contribution is -0.123. The number of nitrogens with zero attached hydrogens (tertiary/aromatic N) is 1. The fourth-order valence-electron chi connectivity index (χ4n) is 2.29. The first-order valence-corrected chi connectivity index (χ1v) is 7.97. The van der Waals surface area contributed by atoms with Gasteiger partial charge in [0.15, 0.2) is 0 Å². The van der Waals surface area contributed by atoms with Crippen LogP contribution in [-0.4, -0.2) is 24.6 Å². The number of amides is 2.